The van der Waals surface area contributed by atoms with Crippen molar-refractivity contribution in [3.05, 3.63) is 77.6 Å². The number of carbonyl (C=O) groups is 1. The number of amides is 1. The van der Waals surface area contributed by atoms with E-state index in [-0.39, 0.29) is 18.0 Å². The van der Waals surface area contributed by atoms with Gasteiger partial charge in [-0.3, -0.25) is 4.79 Å². The number of nitrogens with one attached hydrogen (secondary N) is 1. The number of aromatic nitrogens is 2. The molecular weight excluding hydrogens is 372 g/mol. The first kappa shape index (κ1) is 19.1. The van der Waals surface area contributed by atoms with Crippen LogP contribution < -0.4 is 5.32 Å². The second-order valence-electron chi connectivity index (χ2n) is 5.75. The van der Waals surface area contributed by atoms with Crippen LogP contribution in [-0.2, 0) is 17.9 Å². The average molecular weight is 389 g/mol. The third-order valence-electron chi connectivity index (χ3n) is 3.69. The summed E-state index contributed by atoms with van der Waals surface area (Å²) in [5, 5.41) is 12.3. The number of rotatable bonds is 7. The third-order valence-corrected chi connectivity index (χ3v) is 4.68. The third kappa shape index (κ3) is 5.15. The summed E-state index contributed by atoms with van der Waals surface area (Å²) in [6.45, 7) is 0.340. The first-order chi connectivity index (χ1) is 13.0. The standard InChI is InChI=1S/C19H17F2N3O2S/c20-14-6-7-17(16(21)8-14)23-18(26)12-27-19-22-15(11-25)10-24(19)9-13-4-2-1-3-5-13/h1-8,10,25H,9,11-12H2,(H,23,26). The topological polar surface area (TPSA) is 67.1 Å². The number of thioether (sulfide) groups is 1. The molecule has 0 spiro atoms. The van der Waals surface area contributed by atoms with Crippen LogP contribution in [0.25, 0.3) is 0 Å². The molecule has 8 heteroatoms. The molecule has 0 atom stereocenters. The minimum absolute atomic E-state index is 0.00646. The fourth-order valence-corrected chi connectivity index (χ4v) is 3.24. The van der Waals surface area contributed by atoms with Crippen LogP contribution in [0.15, 0.2) is 59.9 Å². The van der Waals surface area contributed by atoms with Gasteiger partial charge in [-0.05, 0) is 17.7 Å². The van der Waals surface area contributed by atoms with E-state index >= 15 is 0 Å². The first-order valence-corrected chi connectivity index (χ1v) is 9.12. The van der Waals surface area contributed by atoms with Gasteiger partial charge in [-0.25, -0.2) is 13.8 Å². The van der Waals surface area contributed by atoms with E-state index in [0.29, 0.717) is 23.5 Å². The Hall–Kier alpha value is -2.71. The van der Waals surface area contributed by atoms with Gasteiger partial charge in [-0.1, -0.05) is 42.1 Å². The van der Waals surface area contributed by atoms with Crippen molar-refractivity contribution in [3.63, 3.8) is 0 Å². The lowest BCUT2D eigenvalue weighted by Gasteiger charge is -2.08. The van der Waals surface area contributed by atoms with E-state index in [1.54, 1.807) is 6.20 Å². The summed E-state index contributed by atoms with van der Waals surface area (Å²) in [7, 11) is 0. The molecule has 1 amide bonds. The Morgan fingerprint density at radius 2 is 1.96 bits per heavy atom. The Morgan fingerprint density at radius 1 is 1.19 bits per heavy atom. The molecule has 1 aromatic heterocycles. The first-order valence-electron chi connectivity index (χ1n) is 8.13. The molecule has 0 aliphatic rings. The predicted molar refractivity (Wildman–Crippen MR) is 99.4 cm³/mol. The summed E-state index contributed by atoms with van der Waals surface area (Å²) in [5.74, 6) is -1.99. The lowest BCUT2D eigenvalue weighted by Crippen LogP contribution is -2.15. The second kappa shape index (κ2) is 8.79. The van der Waals surface area contributed by atoms with E-state index in [0.717, 1.165) is 11.6 Å². The van der Waals surface area contributed by atoms with E-state index in [9.17, 15) is 18.7 Å². The number of hydrogen-bond donors (Lipinski definition) is 2. The van der Waals surface area contributed by atoms with Gasteiger partial charge in [0.15, 0.2) is 5.16 Å². The maximum absolute atomic E-state index is 13.6. The summed E-state index contributed by atoms with van der Waals surface area (Å²) >= 11 is 1.17. The molecule has 0 unspecified atom stereocenters. The van der Waals surface area contributed by atoms with E-state index in [1.807, 2.05) is 34.9 Å². The van der Waals surface area contributed by atoms with Gasteiger partial charge in [0.1, 0.15) is 11.6 Å². The lowest BCUT2D eigenvalue weighted by atomic mass is 10.2. The molecule has 5 nitrogen and oxygen atoms in total. The maximum Gasteiger partial charge on any atom is 0.234 e. The van der Waals surface area contributed by atoms with Crippen LogP contribution in [0.3, 0.4) is 0 Å². The highest BCUT2D eigenvalue weighted by atomic mass is 32.2. The minimum Gasteiger partial charge on any atom is -0.390 e. The van der Waals surface area contributed by atoms with Crippen LogP contribution >= 0.6 is 11.8 Å². The Kier molecular flexibility index (Phi) is 6.20. The van der Waals surface area contributed by atoms with Gasteiger partial charge >= 0.3 is 0 Å². The molecule has 0 aliphatic heterocycles. The van der Waals surface area contributed by atoms with Crippen LogP contribution in [0.2, 0.25) is 0 Å². The largest absolute Gasteiger partial charge is 0.390 e. The normalized spacial score (nSPS) is 10.8. The number of aliphatic hydroxyl groups is 1. The molecule has 0 saturated carbocycles. The molecule has 27 heavy (non-hydrogen) atoms. The van der Waals surface area contributed by atoms with Crippen molar-refractivity contribution in [3.8, 4) is 0 Å². The Morgan fingerprint density at radius 3 is 2.67 bits per heavy atom. The van der Waals surface area contributed by atoms with Crippen LogP contribution in [0.4, 0.5) is 14.5 Å². The molecule has 0 saturated heterocycles. The molecule has 0 fully saturated rings. The molecule has 2 aromatic carbocycles. The van der Waals surface area contributed by atoms with Gasteiger partial charge in [-0.2, -0.15) is 0 Å². The smallest absolute Gasteiger partial charge is 0.234 e. The van der Waals surface area contributed by atoms with Crippen LogP contribution in [0.5, 0.6) is 0 Å². The summed E-state index contributed by atoms with van der Waals surface area (Å²) in [6.07, 6.45) is 1.73. The number of carbonyl (C=O) groups excluding carboxylic acids is 1. The highest BCUT2D eigenvalue weighted by Crippen LogP contribution is 2.21. The molecular formula is C19H17F2N3O2S. The van der Waals surface area contributed by atoms with Gasteiger partial charge < -0.3 is 15.0 Å². The van der Waals surface area contributed by atoms with E-state index in [1.165, 1.54) is 17.8 Å². The number of hydrogen-bond acceptors (Lipinski definition) is 4. The predicted octanol–water partition coefficient (Wildman–Crippen LogP) is 3.43. The quantitative estimate of drug-likeness (QED) is 0.608. The number of benzene rings is 2. The Balaban J connectivity index is 1.66. The Bertz CT molecular complexity index is 932. The van der Waals surface area contributed by atoms with Gasteiger partial charge in [0.05, 0.1) is 23.7 Å². The summed E-state index contributed by atoms with van der Waals surface area (Å²) < 4.78 is 28.4. The summed E-state index contributed by atoms with van der Waals surface area (Å²) in [6, 6.07) is 12.7. The fourth-order valence-electron chi connectivity index (χ4n) is 2.44. The van der Waals surface area contributed by atoms with Crippen molar-refractivity contribution >= 4 is 23.4 Å². The van der Waals surface area contributed by atoms with Crippen LogP contribution in [0.1, 0.15) is 11.3 Å². The number of imidazole rings is 1. The van der Waals surface area contributed by atoms with Crippen molar-refractivity contribution in [1.82, 2.24) is 9.55 Å². The van der Waals surface area contributed by atoms with E-state index < -0.39 is 17.5 Å². The van der Waals surface area contributed by atoms with Crippen molar-refractivity contribution < 1.29 is 18.7 Å². The number of halogens is 2. The molecule has 1 heterocycles. The average Bonchev–Trinajstić information content (AvgIpc) is 3.05. The van der Waals surface area contributed by atoms with E-state index in [2.05, 4.69) is 10.3 Å². The number of anilines is 1. The lowest BCUT2D eigenvalue weighted by molar-refractivity contribution is -0.113. The fraction of sp³-hybridized carbons (Fsp3) is 0.158. The molecule has 0 radical (unpaired) electrons. The van der Waals surface area contributed by atoms with Crippen molar-refractivity contribution in [2.24, 2.45) is 0 Å². The number of nitrogens with zero attached hydrogens (tertiary/aromatic N) is 2. The molecule has 0 aliphatic carbocycles. The van der Waals surface area contributed by atoms with Crippen molar-refractivity contribution in [2.75, 3.05) is 11.1 Å². The summed E-state index contributed by atoms with van der Waals surface area (Å²) in [4.78, 5) is 16.4. The molecule has 3 aromatic rings. The highest BCUT2D eigenvalue weighted by Gasteiger charge is 2.13. The van der Waals surface area contributed by atoms with Crippen LogP contribution in [0, 0.1) is 11.6 Å². The van der Waals surface area contributed by atoms with Gasteiger partial charge in [-0.15, -0.1) is 0 Å². The van der Waals surface area contributed by atoms with Gasteiger partial charge in [0.2, 0.25) is 5.91 Å². The number of aliphatic hydroxyl groups excluding tert-OH is 1. The maximum atomic E-state index is 13.6. The monoisotopic (exact) mass is 389 g/mol. The van der Waals surface area contributed by atoms with Gasteiger partial charge in [0, 0.05) is 18.8 Å². The SMILES string of the molecule is O=C(CSc1nc(CO)cn1Cc1ccccc1)Nc1ccc(F)cc1F. The molecule has 2 N–H and O–H groups in total. The zero-order chi connectivity index (χ0) is 19.2. The summed E-state index contributed by atoms with van der Waals surface area (Å²) in [5.41, 5.74) is 1.48. The second-order valence-corrected chi connectivity index (χ2v) is 6.69. The molecule has 0 bridgehead atoms. The van der Waals surface area contributed by atoms with Gasteiger partial charge in [0.25, 0.3) is 0 Å². The Labute approximate surface area is 159 Å². The molecule has 140 valence electrons. The van der Waals surface area contributed by atoms with Crippen LogP contribution in [-0.4, -0.2) is 26.3 Å². The van der Waals surface area contributed by atoms with Crippen molar-refractivity contribution in [1.29, 1.82) is 0 Å². The zero-order valence-corrected chi connectivity index (χ0v) is 15.0. The minimum atomic E-state index is -0.832. The van der Waals surface area contributed by atoms with Crippen molar-refractivity contribution in [2.45, 2.75) is 18.3 Å². The zero-order valence-electron chi connectivity index (χ0n) is 14.2. The molecule has 3 rings (SSSR count). The highest BCUT2D eigenvalue weighted by molar-refractivity contribution is 7.99. The van der Waals surface area contributed by atoms with E-state index in [4.69, 9.17) is 0 Å².